The van der Waals surface area contributed by atoms with Crippen molar-refractivity contribution >= 4 is 50.7 Å². The first-order valence-corrected chi connectivity index (χ1v) is 16.1. The molecule has 8 nitrogen and oxygen atoms in total. The van der Waals surface area contributed by atoms with Gasteiger partial charge in [0.2, 0.25) is 11.8 Å². The van der Waals surface area contributed by atoms with Gasteiger partial charge in [0.25, 0.3) is 10.0 Å². The van der Waals surface area contributed by atoms with Crippen LogP contribution >= 0.6 is 23.2 Å². The van der Waals surface area contributed by atoms with Crippen LogP contribution in [-0.4, -0.2) is 51.4 Å². The lowest BCUT2D eigenvalue weighted by Gasteiger charge is -2.34. The largest absolute Gasteiger partial charge is 0.492 e. The molecule has 0 aliphatic rings. The first-order chi connectivity index (χ1) is 21.1. The zero-order valence-electron chi connectivity index (χ0n) is 24.3. The van der Waals surface area contributed by atoms with Gasteiger partial charge in [0, 0.05) is 30.1 Å². The number of para-hydroxylation sites is 2. The van der Waals surface area contributed by atoms with Crippen molar-refractivity contribution < 1.29 is 22.7 Å². The van der Waals surface area contributed by atoms with Crippen LogP contribution in [-0.2, 0) is 32.6 Å². The number of likely N-dealkylation sites (N-methyl/N-ethyl adjacent to an activating group) is 1. The van der Waals surface area contributed by atoms with E-state index in [2.05, 4.69) is 5.32 Å². The molecule has 0 aliphatic carbocycles. The molecule has 4 aromatic carbocycles. The summed E-state index contributed by atoms with van der Waals surface area (Å²) < 4.78 is 35.1. The first kappa shape index (κ1) is 32.9. The maximum absolute atomic E-state index is 14.4. The molecule has 0 bridgehead atoms. The van der Waals surface area contributed by atoms with E-state index in [9.17, 15) is 18.0 Å². The molecule has 1 atom stereocenters. The number of carbonyl (C=O) groups excluding carboxylic acids is 2. The van der Waals surface area contributed by atoms with E-state index in [1.54, 1.807) is 55.5 Å². The van der Waals surface area contributed by atoms with E-state index in [0.717, 1.165) is 9.87 Å². The van der Waals surface area contributed by atoms with E-state index >= 15 is 0 Å². The summed E-state index contributed by atoms with van der Waals surface area (Å²) in [6.45, 7) is 1.45. The van der Waals surface area contributed by atoms with Crippen molar-refractivity contribution in [2.24, 2.45) is 0 Å². The van der Waals surface area contributed by atoms with Crippen LogP contribution in [0, 0.1) is 0 Å². The second kappa shape index (κ2) is 15.1. The SMILES string of the molecule is CCOc1ccccc1N(CC(=O)N(Cc1cccc(Cl)c1)[C@H](Cc1ccccc1)C(=O)NC)S(=O)(=O)c1ccc(Cl)cc1. The number of nitrogens with one attached hydrogen (secondary N) is 1. The second-order valence-electron chi connectivity index (χ2n) is 9.84. The Hall–Kier alpha value is -4.05. The highest BCUT2D eigenvalue weighted by Crippen LogP contribution is 2.33. The van der Waals surface area contributed by atoms with E-state index < -0.39 is 34.4 Å². The molecule has 0 fully saturated rings. The molecule has 0 saturated heterocycles. The molecule has 44 heavy (non-hydrogen) atoms. The molecule has 0 aliphatic heterocycles. The Bertz CT molecular complexity index is 1690. The fourth-order valence-corrected chi connectivity index (χ4v) is 6.50. The number of hydrogen-bond acceptors (Lipinski definition) is 5. The first-order valence-electron chi connectivity index (χ1n) is 13.9. The molecule has 4 rings (SSSR count). The van der Waals surface area contributed by atoms with Crippen LogP contribution in [0.4, 0.5) is 5.69 Å². The highest BCUT2D eigenvalue weighted by Gasteiger charge is 2.35. The summed E-state index contributed by atoms with van der Waals surface area (Å²) in [5.74, 6) is -0.710. The van der Waals surface area contributed by atoms with E-state index in [1.807, 2.05) is 30.3 Å². The summed E-state index contributed by atoms with van der Waals surface area (Å²) in [6.07, 6.45) is 0.201. The van der Waals surface area contributed by atoms with Crippen LogP contribution in [0.1, 0.15) is 18.1 Å². The Morgan fingerprint density at radius 1 is 0.841 bits per heavy atom. The topological polar surface area (TPSA) is 96.0 Å². The third kappa shape index (κ3) is 8.11. The van der Waals surface area contributed by atoms with Gasteiger partial charge in [-0.15, -0.1) is 0 Å². The van der Waals surface area contributed by atoms with Gasteiger partial charge in [-0.1, -0.05) is 77.8 Å². The summed E-state index contributed by atoms with van der Waals surface area (Å²) >= 11 is 12.3. The van der Waals surface area contributed by atoms with Gasteiger partial charge in [0.05, 0.1) is 17.2 Å². The standard InChI is InChI=1S/C33H33Cl2N3O5S/c1-3-43-31-15-8-7-14-29(31)38(44(41,42)28-18-16-26(34)17-19-28)23-32(39)37(22-25-12-9-13-27(35)20-25)30(33(40)36-2)21-24-10-5-4-6-11-24/h4-20,30H,3,21-23H2,1-2H3,(H,36,40)/t30-/m1/s1. The number of amides is 2. The molecule has 0 aromatic heterocycles. The lowest BCUT2D eigenvalue weighted by Crippen LogP contribution is -2.53. The number of ether oxygens (including phenoxy) is 1. The highest BCUT2D eigenvalue weighted by atomic mass is 35.5. The average molecular weight is 655 g/mol. The fraction of sp³-hybridized carbons (Fsp3) is 0.212. The van der Waals surface area contributed by atoms with Crippen molar-refractivity contribution in [1.82, 2.24) is 10.2 Å². The van der Waals surface area contributed by atoms with Gasteiger partial charge in [-0.25, -0.2) is 8.42 Å². The number of benzene rings is 4. The molecule has 0 heterocycles. The van der Waals surface area contributed by atoms with E-state index in [-0.39, 0.29) is 35.9 Å². The van der Waals surface area contributed by atoms with E-state index in [1.165, 1.54) is 36.2 Å². The summed E-state index contributed by atoms with van der Waals surface area (Å²) in [5.41, 5.74) is 1.69. The van der Waals surface area contributed by atoms with Crippen molar-refractivity contribution in [1.29, 1.82) is 0 Å². The molecule has 2 amide bonds. The molecular weight excluding hydrogens is 621 g/mol. The molecule has 0 spiro atoms. The molecule has 0 saturated carbocycles. The third-order valence-electron chi connectivity index (χ3n) is 6.87. The van der Waals surface area contributed by atoms with Crippen molar-refractivity contribution in [2.45, 2.75) is 30.8 Å². The lowest BCUT2D eigenvalue weighted by atomic mass is 10.0. The van der Waals surface area contributed by atoms with Crippen molar-refractivity contribution in [3.63, 3.8) is 0 Å². The summed E-state index contributed by atoms with van der Waals surface area (Å²) in [6, 6.07) is 27.6. The minimum Gasteiger partial charge on any atom is -0.492 e. The molecule has 0 radical (unpaired) electrons. The lowest BCUT2D eigenvalue weighted by molar-refractivity contribution is -0.139. The Morgan fingerprint density at radius 2 is 1.50 bits per heavy atom. The monoisotopic (exact) mass is 653 g/mol. The van der Waals surface area contributed by atoms with E-state index in [0.29, 0.717) is 15.6 Å². The van der Waals surface area contributed by atoms with Crippen LogP contribution in [0.3, 0.4) is 0 Å². The van der Waals surface area contributed by atoms with Gasteiger partial charge in [0.1, 0.15) is 18.3 Å². The molecule has 11 heteroatoms. The zero-order valence-corrected chi connectivity index (χ0v) is 26.6. The maximum atomic E-state index is 14.4. The number of hydrogen-bond donors (Lipinski definition) is 1. The van der Waals surface area contributed by atoms with Gasteiger partial charge in [-0.05, 0) is 66.6 Å². The summed E-state index contributed by atoms with van der Waals surface area (Å²) in [7, 11) is -2.81. The second-order valence-corrected chi connectivity index (χ2v) is 12.6. The minimum absolute atomic E-state index is 0.00620. The Balaban J connectivity index is 1.82. The van der Waals surface area contributed by atoms with Gasteiger partial charge < -0.3 is 15.0 Å². The summed E-state index contributed by atoms with van der Waals surface area (Å²) in [5, 5.41) is 3.50. The number of rotatable bonds is 13. The van der Waals surface area contributed by atoms with Crippen LogP contribution < -0.4 is 14.4 Å². The average Bonchev–Trinajstić information content (AvgIpc) is 3.02. The zero-order chi connectivity index (χ0) is 31.7. The number of sulfonamides is 1. The predicted molar refractivity (Wildman–Crippen MR) is 174 cm³/mol. The van der Waals surface area contributed by atoms with Gasteiger partial charge in [0.15, 0.2) is 0 Å². The Labute approximate surface area is 268 Å². The Morgan fingerprint density at radius 3 is 2.16 bits per heavy atom. The van der Waals surface area contributed by atoms with Crippen LogP contribution in [0.15, 0.2) is 108 Å². The quantitative estimate of drug-likeness (QED) is 0.192. The van der Waals surface area contributed by atoms with Crippen molar-refractivity contribution in [3.05, 3.63) is 124 Å². The third-order valence-corrected chi connectivity index (χ3v) is 9.13. The normalized spacial score (nSPS) is 11.8. The highest BCUT2D eigenvalue weighted by molar-refractivity contribution is 7.92. The number of anilines is 1. The molecule has 4 aromatic rings. The number of halogens is 2. The van der Waals surface area contributed by atoms with Crippen molar-refractivity contribution in [2.75, 3.05) is 24.5 Å². The molecule has 0 unspecified atom stereocenters. The smallest absolute Gasteiger partial charge is 0.264 e. The maximum Gasteiger partial charge on any atom is 0.264 e. The van der Waals surface area contributed by atoms with E-state index in [4.69, 9.17) is 27.9 Å². The molecular formula is C33H33Cl2N3O5S. The van der Waals surface area contributed by atoms with Gasteiger partial charge in [-0.2, -0.15) is 0 Å². The number of nitrogens with zero attached hydrogens (tertiary/aromatic N) is 2. The van der Waals surface area contributed by atoms with Gasteiger partial charge in [-0.3, -0.25) is 13.9 Å². The van der Waals surface area contributed by atoms with Crippen LogP contribution in [0.2, 0.25) is 10.0 Å². The molecule has 230 valence electrons. The molecule has 1 N–H and O–H groups in total. The van der Waals surface area contributed by atoms with Crippen LogP contribution in [0.5, 0.6) is 5.75 Å². The number of carbonyl (C=O) groups is 2. The van der Waals surface area contributed by atoms with Crippen LogP contribution in [0.25, 0.3) is 0 Å². The van der Waals surface area contributed by atoms with Gasteiger partial charge >= 0.3 is 0 Å². The Kier molecular flexibility index (Phi) is 11.3. The summed E-state index contributed by atoms with van der Waals surface area (Å²) in [4.78, 5) is 29.1. The van der Waals surface area contributed by atoms with Crippen molar-refractivity contribution in [3.8, 4) is 5.75 Å². The minimum atomic E-state index is -4.30. The predicted octanol–water partition coefficient (Wildman–Crippen LogP) is 5.97. The fourth-order valence-electron chi connectivity index (χ4n) is 4.74.